The van der Waals surface area contributed by atoms with Gasteiger partial charge >= 0.3 is 6.18 Å². The predicted octanol–water partition coefficient (Wildman–Crippen LogP) is 5.69. The van der Waals surface area contributed by atoms with Gasteiger partial charge in [-0.1, -0.05) is 23.7 Å². The fourth-order valence-corrected chi connectivity index (χ4v) is 3.94. The minimum atomic E-state index is -4.66. The first-order valence-electron chi connectivity index (χ1n) is 8.63. The molecule has 2 N–H and O–H groups in total. The minimum absolute atomic E-state index is 0.0392. The van der Waals surface area contributed by atoms with Crippen molar-refractivity contribution in [2.24, 2.45) is 0 Å². The van der Waals surface area contributed by atoms with Crippen molar-refractivity contribution in [3.63, 3.8) is 0 Å². The monoisotopic (exact) mass is 490 g/mol. The Kier molecular flexibility index (Phi) is 6.42. The molecule has 0 spiro atoms. The quantitative estimate of drug-likeness (QED) is 0.356. The summed E-state index contributed by atoms with van der Waals surface area (Å²) in [5.41, 5.74) is -1.78. The number of halogens is 6. The van der Waals surface area contributed by atoms with Crippen LogP contribution in [0.15, 0.2) is 65.6 Å². The molecule has 0 saturated carbocycles. The average Bonchev–Trinajstić information content (AvgIpc) is 2.70. The normalized spacial score (nSPS) is 11.8. The van der Waals surface area contributed by atoms with Crippen molar-refractivity contribution in [1.82, 2.24) is 0 Å². The lowest BCUT2D eigenvalue weighted by Gasteiger charge is -2.12. The van der Waals surface area contributed by atoms with Crippen LogP contribution in [-0.4, -0.2) is 14.3 Å². The molecule has 0 fully saturated rings. The second kappa shape index (κ2) is 8.75. The maximum atomic E-state index is 13.4. The average molecular weight is 491 g/mol. The highest BCUT2D eigenvalue weighted by Crippen LogP contribution is 2.31. The molecule has 0 saturated heterocycles. The molecule has 0 aliphatic rings. The van der Waals surface area contributed by atoms with Crippen molar-refractivity contribution in [1.29, 1.82) is 0 Å². The van der Waals surface area contributed by atoms with Crippen LogP contribution in [0.1, 0.15) is 15.9 Å². The van der Waals surface area contributed by atoms with Gasteiger partial charge in [0.15, 0.2) is 11.6 Å². The summed E-state index contributed by atoms with van der Waals surface area (Å²) in [5.74, 6) is -3.49. The highest BCUT2D eigenvalue weighted by molar-refractivity contribution is 7.92. The summed E-state index contributed by atoms with van der Waals surface area (Å²) in [4.78, 5) is 12.0. The van der Waals surface area contributed by atoms with E-state index in [2.05, 4.69) is 5.32 Å². The van der Waals surface area contributed by atoms with E-state index in [-0.39, 0.29) is 26.9 Å². The lowest BCUT2D eigenvalue weighted by atomic mass is 10.2. The second-order valence-corrected chi connectivity index (χ2v) is 8.50. The minimum Gasteiger partial charge on any atom is -0.322 e. The van der Waals surface area contributed by atoms with Crippen molar-refractivity contribution in [3.05, 3.63) is 88.4 Å². The second-order valence-electron chi connectivity index (χ2n) is 6.41. The molecule has 0 bridgehead atoms. The largest absolute Gasteiger partial charge is 0.416 e. The van der Waals surface area contributed by atoms with Gasteiger partial charge in [-0.05, 0) is 48.5 Å². The van der Waals surface area contributed by atoms with Crippen LogP contribution in [0.3, 0.4) is 0 Å². The molecule has 1 amide bonds. The molecule has 0 aromatic heterocycles. The van der Waals surface area contributed by atoms with Gasteiger partial charge in [-0.15, -0.1) is 0 Å². The molecule has 0 unspecified atom stereocenters. The summed E-state index contributed by atoms with van der Waals surface area (Å²) in [5, 5.41) is 1.93. The maximum Gasteiger partial charge on any atom is 0.416 e. The summed E-state index contributed by atoms with van der Waals surface area (Å²) in [6.45, 7) is 0. The lowest BCUT2D eigenvalue weighted by molar-refractivity contribution is -0.137. The van der Waals surface area contributed by atoms with Crippen LogP contribution < -0.4 is 10.0 Å². The van der Waals surface area contributed by atoms with Gasteiger partial charge < -0.3 is 5.32 Å². The number of nitrogens with one attached hydrogen (secondary N) is 2. The van der Waals surface area contributed by atoms with E-state index in [1.54, 1.807) is 0 Å². The van der Waals surface area contributed by atoms with Crippen LogP contribution in [0.5, 0.6) is 0 Å². The Hall–Kier alpha value is -3.18. The summed E-state index contributed by atoms with van der Waals surface area (Å²) < 4.78 is 92.3. The first-order valence-corrected chi connectivity index (χ1v) is 10.5. The Balaban J connectivity index is 1.84. The number of carbonyl (C=O) groups excluding carboxylic acids is 1. The SMILES string of the molecule is O=C(Nc1cccc(S(=O)(=O)Nc2cccc(C(F)(F)F)c2)c1)c1cc(F)c(F)cc1Cl. The van der Waals surface area contributed by atoms with Crippen molar-refractivity contribution in [2.75, 3.05) is 10.0 Å². The summed E-state index contributed by atoms with van der Waals surface area (Å²) in [6.07, 6.45) is -4.66. The number of amides is 1. The molecule has 12 heteroatoms. The molecule has 0 heterocycles. The molecule has 0 radical (unpaired) electrons. The zero-order valence-electron chi connectivity index (χ0n) is 15.7. The van der Waals surface area contributed by atoms with Gasteiger partial charge in [0.25, 0.3) is 15.9 Å². The van der Waals surface area contributed by atoms with E-state index < -0.39 is 39.3 Å². The summed E-state index contributed by atoms with van der Waals surface area (Å²) >= 11 is 5.75. The molecule has 0 aliphatic heterocycles. The number of carbonyl (C=O) groups is 1. The first kappa shape index (κ1) is 23.5. The Morgan fingerprint density at radius 1 is 0.875 bits per heavy atom. The van der Waals surface area contributed by atoms with E-state index in [1.165, 1.54) is 12.1 Å². The molecule has 3 aromatic carbocycles. The van der Waals surface area contributed by atoms with Crippen LogP contribution >= 0.6 is 11.6 Å². The van der Waals surface area contributed by atoms with Gasteiger partial charge in [0.2, 0.25) is 0 Å². The fourth-order valence-electron chi connectivity index (χ4n) is 2.61. The Morgan fingerprint density at radius 2 is 1.50 bits per heavy atom. The van der Waals surface area contributed by atoms with Crippen molar-refractivity contribution in [3.8, 4) is 0 Å². The van der Waals surface area contributed by atoms with E-state index in [4.69, 9.17) is 11.6 Å². The first-order chi connectivity index (χ1) is 14.9. The Bertz CT molecular complexity index is 1300. The van der Waals surface area contributed by atoms with Crippen molar-refractivity contribution in [2.45, 2.75) is 11.1 Å². The molecule has 0 atom stereocenters. The summed E-state index contributed by atoms with van der Waals surface area (Å²) in [6, 6.07) is 9.57. The van der Waals surface area contributed by atoms with Gasteiger partial charge in [-0.3, -0.25) is 9.52 Å². The number of rotatable bonds is 5. The lowest BCUT2D eigenvalue weighted by Crippen LogP contribution is -2.16. The third-order valence-electron chi connectivity index (χ3n) is 4.10. The van der Waals surface area contributed by atoms with Crippen LogP contribution in [-0.2, 0) is 16.2 Å². The Morgan fingerprint density at radius 3 is 2.19 bits per heavy atom. The van der Waals surface area contributed by atoms with E-state index in [1.807, 2.05) is 4.72 Å². The molecule has 3 rings (SSSR count). The third-order valence-corrected chi connectivity index (χ3v) is 5.79. The number of benzene rings is 3. The van der Waals surface area contributed by atoms with Gasteiger partial charge in [-0.2, -0.15) is 13.2 Å². The summed E-state index contributed by atoms with van der Waals surface area (Å²) in [7, 11) is -4.32. The number of hydrogen-bond acceptors (Lipinski definition) is 3. The van der Waals surface area contributed by atoms with E-state index in [0.717, 1.165) is 30.3 Å². The topological polar surface area (TPSA) is 75.3 Å². The zero-order chi connectivity index (χ0) is 23.7. The number of hydrogen-bond donors (Lipinski definition) is 2. The maximum absolute atomic E-state index is 13.4. The highest BCUT2D eigenvalue weighted by Gasteiger charge is 2.30. The van der Waals surface area contributed by atoms with E-state index >= 15 is 0 Å². The third kappa shape index (κ3) is 5.35. The molecule has 5 nitrogen and oxygen atoms in total. The van der Waals surface area contributed by atoms with Crippen LogP contribution in [0.4, 0.5) is 33.3 Å². The molecular weight excluding hydrogens is 479 g/mol. The molecule has 0 aliphatic carbocycles. The number of anilines is 2. The van der Waals surface area contributed by atoms with Crippen molar-refractivity contribution >= 4 is 38.9 Å². The Labute approximate surface area is 183 Å². The van der Waals surface area contributed by atoms with Gasteiger partial charge in [0.1, 0.15) is 0 Å². The molecule has 168 valence electrons. The van der Waals surface area contributed by atoms with Crippen molar-refractivity contribution < 1.29 is 35.2 Å². The predicted molar refractivity (Wildman–Crippen MR) is 108 cm³/mol. The van der Waals surface area contributed by atoms with Crippen LogP contribution in [0.25, 0.3) is 0 Å². The standard InChI is InChI=1S/C20H12ClF5N2O3S/c21-16-10-18(23)17(22)9-15(16)19(29)27-12-4-2-6-14(8-12)32(30,31)28-13-5-1-3-11(7-13)20(24,25)26/h1-10,28H,(H,27,29). The number of alkyl halides is 3. The van der Waals surface area contributed by atoms with E-state index in [9.17, 15) is 35.2 Å². The molecule has 32 heavy (non-hydrogen) atoms. The van der Waals surface area contributed by atoms with Crippen LogP contribution in [0, 0.1) is 11.6 Å². The molecular formula is C20H12ClF5N2O3S. The van der Waals surface area contributed by atoms with Gasteiger partial charge in [0.05, 0.1) is 21.0 Å². The van der Waals surface area contributed by atoms with E-state index in [0.29, 0.717) is 18.2 Å². The van der Waals surface area contributed by atoms with Gasteiger partial charge in [0, 0.05) is 11.4 Å². The van der Waals surface area contributed by atoms with Gasteiger partial charge in [-0.25, -0.2) is 17.2 Å². The zero-order valence-corrected chi connectivity index (χ0v) is 17.2. The van der Waals surface area contributed by atoms with Crippen LogP contribution in [0.2, 0.25) is 5.02 Å². The number of sulfonamides is 1. The highest BCUT2D eigenvalue weighted by atomic mass is 35.5. The molecule has 3 aromatic rings. The fraction of sp³-hybridized carbons (Fsp3) is 0.0500. The smallest absolute Gasteiger partial charge is 0.322 e.